The van der Waals surface area contributed by atoms with Crippen LogP contribution in [0.25, 0.3) is 0 Å². The van der Waals surface area contributed by atoms with E-state index in [0.717, 1.165) is 49.5 Å². The first kappa shape index (κ1) is 14.7. The molecule has 1 aliphatic carbocycles. The summed E-state index contributed by atoms with van der Waals surface area (Å²) in [6.45, 7) is 5.52. The van der Waals surface area contributed by atoms with Gasteiger partial charge in [0.25, 0.3) is 0 Å². The number of hydrogen-bond donors (Lipinski definition) is 1. The zero-order valence-electron chi connectivity index (χ0n) is 13.0. The first-order valence-electron chi connectivity index (χ1n) is 7.99. The van der Waals surface area contributed by atoms with Crippen molar-refractivity contribution in [3.8, 4) is 11.5 Å². The third-order valence-electron chi connectivity index (χ3n) is 4.71. The van der Waals surface area contributed by atoms with E-state index in [2.05, 4.69) is 31.0 Å². The number of hydrogen-bond acceptors (Lipinski definition) is 4. The Hall–Kier alpha value is -1.26. The second kappa shape index (κ2) is 6.24. The van der Waals surface area contributed by atoms with Gasteiger partial charge in [-0.2, -0.15) is 0 Å². The number of rotatable bonds is 5. The summed E-state index contributed by atoms with van der Waals surface area (Å²) in [5.41, 5.74) is 7.25. The Bertz CT molecular complexity index is 492. The highest BCUT2D eigenvalue weighted by atomic mass is 16.5. The smallest absolute Gasteiger partial charge is 0.161 e. The molecule has 4 nitrogen and oxygen atoms in total. The van der Waals surface area contributed by atoms with Gasteiger partial charge in [0, 0.05) is 25.6 Å². The first-order chi connectivity index (χ1) is 10.2. The molecule has 116 valence electrons. The Balaban J connectivity index is 1.75. The Morgan fingerprint density at radius 1 is 1.29 bits per heavy atom. The fourth-order valence-corrected chi connectivity index (χ4v) is 3.11. The highest BCUT2D eigenvalue weighted by molar-refractivity contribution is 5.44. The molecular weight excluding hydrogens is 264 g/mol. The molecule has 1 saturated carbocycles. The third-order valence-corrected chi connectivity index (χ3v) is 4.71. The Labute approximate surface area is 127 Å². The van der Waals surface area contributed by atoms with Crippen molar-refractivity contribution >= 4 is 0 Å². The normalized spacial score (nSPS) is 25.5. The molecule has 4 heteroatoms. The Kier molecular flexibility index (Phi) is 4.36. The topological polar surface area (TPSA) is 47.7 Å². The molecule has 21 heavy (non-hydrogen) atoms. The molecular formula is C17H26N2O2. The SMILES string of the molecule is CC1CC1CN(C)C(CN)c1ccc2c(c1)OCCCO2. The molecule has 1 aliphatic heterocycles. The maximum Gasteiger partial charge on any atom is 0.161 e. The van der Waals surface area contributed by atoms with Crippen molar-refractivity contribution in [2.75, 3.05) is 33.4 Å². The van der Waals surface area contributed by atoms with Crippen LogP contribution in [0.1, 0.15) is 31.4 Å². The molecule has 0 aromatic heterocycles. The minimum atomic E-state index is 0.245. The van der Waals surface area contributed by atoms with E-state index in [-0.39, 0.29) is 6.04 Å². The molecule has 1 aromatic carbocycles. The summed E-state index contributed by atoms with van der Waals surface area (Å²) in [6.07, 6.45) is 2.28. The fraction of sp³-hybridized carbons (Fsp3) is 0.647. The van der Waals surface area contributed by atoms with Gasteiger partial charge in [-0.05, 0) is 43.0 Å². The van der Waals surface area contributed by atoms with E-state index in [1.54, 1.807) is 0 Å². The number of ether oxygens (including phenoxy) is 2. The monoisotopic (exact) mass is 290 g/mol. The van der Waals surface area contributed by atoms with Crippen LogP contribution in [0.4, 0.5) is 0 Å². The number of nitrogens with two attached hydrogens (primary N) is 1. The average Bonchev–Trinajstić information content (AvgIpc) is 3.21. The summed E-state index contributed by atoms with van der Waals surface area (Å²) < 4.78 is 11.5. The molecule has 3 atom stereocenters. The van der Waals surface area contributed by atoms with E-state index < -0.39 is 0 Å². The second-order valence-corrected chi connectivity index (χ2v) is 6.42. The number of fused-ring (bicyclic) bond motifs is 1. The van der Waals surface area contributed by atoms with Crippen LogP contribution in [0.3, 0.4) is 0 Å². The van der Waals surface area contributed by atoms with Gasteiger partial charge in [-0.1, -0.05) is 13.0 Å². The van der Waals surface area contributed by atoms with Crippen LogP contribution in [0.15, 0.2) is 18.2 Å². The van der Waals surface area contributed by atoms with Gasteiger partial charge in [0.2, 0.25) is 0 Å². The van der Waals surface area contributed by atoms with Gasteiger partial charge < -0.3 is 15.2 Å². The highest BCUT2D eigenvalue weighted by Gasteiger charge is 2.34. The molecule has 0 radical (unpaired) electrons. The van der Waals surface area contributed by atoms with Crippen molar-refractivity contribution < 1.29 is 9.47 Å². The van der Waals surface area contributed by atoms with Crippen LogP contribution in [0, 0.1) is 11.8 Å². The maximum absolute atomic E-state index is 6.03. The van der Waals surface area contributed by atoms with Crippen LogP contribution in [0.2, 0.25) is 0 Å². The summed E-state index contributed by atoms with van der Waals surface area (Å²) >= 11 is 0. The Morgan fingerprint density at radius 3 is 2.67 bits per heavy atom. The summed E-state index contributed by atoms with van der Waals surface area (Å²) in [5, 5.41) is 0. The van der Waals surface area contributed by atoms with E-state index in [1.165, 1.54) is 12.0 Å². The minimum absolute atomic E-state index is 0.245. The van der Waals surface area contributed by atoms with Crippen LogP contribution < -0.4 is 15.2 Å². The lowest BCUT2D eigenvalue weighted by molar-refractivity contribution is 0.236. The van der Waals surface area contributed by atoms with E-state index >= 15 is 0 Å². The number of nitrogens with zero attached hydrogens (tertiary/aromatic N) is 1. The molecule has 1 fully saturated rings. The minimum Gasteiger partial charge on any atom is -0.490 e. The van der Waals surface area contributed by atoms with Gasteiger partial charge in [-0.15, -0.1) is 0 Å². The van der Waals surface area contributed by atoms with Crippen molar-refractivity contribution in [1.29, 1.82) is 0 Å². The van der Waals surface area contributed by atoms with Gasteiger partial charge in [0.05, 0.1) is 13.2 Å². The molecule has 3 rings (SSSR count). The molecule has 3 unspecified atom stereocenters. The van der Waals surface area contributed by atoms with E-state index in [1.807, 2.05) is 6.07 Å². The van der Waals surface area contributed by atoms with E-state index in [4.69, 9.17) is 15.2 Å². The molecule has 2 aliphatic rings. The van der Waals surface area contributed by atoms with Crippen molar-refractivity contribution in [1.82, 2.24) is 4.90 Å². The maximum atomic E-state index is 6.03. The molecule has 0 spiro atoms. The van der Waals surface area contributed by atoms with Crippen LogP contribution in [0.5, 0.6) is 11.5 Å². The second-order valence-electron chi connectivity index (χ2n) is 6.42. The zero-order valence-corrected chi connectivity index (χ0v) is 13.0. The molecule has 0 saturated heterocycles. The Morgan fingerprint density at radius 2 is 2.00 bits per heavy atom. The lowest BCUT2D eigenvalue weighted by Gasteiger charge is -2.28. The largest absolute Gasteiger partial charge is 0.490 e. The molecule has 1 aromatic rings. The number of benzene rings is 1. The van der Waals surface area contributed by atoms with Crippen molar-refractivity contribution in [3.63, 3.8) is 0 Å². The summed E-state index contributed by atoms with van der Waals surface area (Å²) in [7, 11) is 2.17. The first-order valence-corrected chi connectivity index (χ1v) is 7.99. The number of likely N-dealkylation sites (N-methyl/N-ethyl adjacent to an activating group) is 1. The predicted molar refractivity (Wildman–Crippen MR) is 83.7 cm³/mol. The quantitative estimate of drug-likeness (QED) is 0.905. The summed E-state index contributed by atoms with van der Waals surface area (Å²) in [4.78, 5) is 2.38. The highest BCUT2D eigenvalue weighted by Crippen LogP contribution is 2.40. The van der Waals surface area contributed by atoms with Crippen molar-refractivity contribution in [2.24, 2.45) is 17.6 Å². The molecule has 2 N–H and O–H groups in total. The van der Waals surface area contributed by atoms with E-state index in [0.29, 0.717) is 6.54 Å². The predicted octanol–water partition coefficient (Wildman–Crippen LogP) is 2.44. The lowest BCUT2D eigenvalue weighted by Crippen LogP contribution is -2.32. The van der Waals surface area contributed by atoms with Crippen LogP contribution in [-0.2, 0) is 0 Å². The van der Waals surface area contributed by atoms with E-state index in [9.17, 15) is 0 Å². The summed E-state index contributed by atoms with van der Waals surface area (Å²) in [6, 6.07) is 6.49. The summed E-state index contributed by atoms with van der Waals surface area (Å²) in [5.74, 6) is 3.42. The lowest BCUT2D eigenvalue weighted by atomic mass is 10.0. The average molecular weight is 290 g/mol. The van der Waals surface area contributed by atoms with Gasteiger partial charge in [0.1, 0.15) is 0 Å². The zero-order chi connectivity index (χ0) is 14.8. The van der Waals surface area contributed by atoms with Crippen LogP contribution in [-0.4, -0.2) is 38.3 Å². The molecule has 0 bridgehead atoms. The fourth-order valence-electron chi connectivity index (χ4n) is 3.11. The van der Waals surface area contributed by atoms with Gasteiger partial charge in [-0.25, -0.2) is 0 Å². The van der Waals surface area contributed by atoms with Crippen LogP contribution >= 0.6 is 0 Å². The van der Waals surface area contributed by atoms with Crippen molar-refractivity contribution in [2.45, 2.75) is 25.8 Å². The van der Waals surface area contributed by atoms with Gasteiger partial charge >= 0.3 is 0 Å². The van der Waals surface area contributed by atoms with Gasteiger partial charge in [0.15, 0.2) is 11.5 Å². The molecule has 1 heterocycles. The third kappa shape index (κ3) is 3.33. The van der Waals surface area contributed by atoms with Crippen molar-refractivity contribution in [3.05, 3.63) is 23.8 Å². The standard InChI is InChI=1S/C17H26N2O2/c1-12-8-14(12)11-19(2)15(10-18)13-4-5-16-17(9-13)21-7-3-6-20-16/h4-5,9,12,14-15H,3,6-8,10-11,18H2,1-2H3. The van der Waals surface area contributed by atoms with Gasteiger partial charge in [-0.3, -0.25) is 4.90 Å². The molecule has 0 amide bonds.